The summed E-state index contributed by atoms with van der Waals surface area (Å²) in [6.45, 7) is 53.5. The number of aliphatic hydroxyl groups is 2. The molecule has 0 radical (unpaired) electrons. The zero-order chi connectivity index (χ0) is 83.1. The third kappa shape index (κ3) is 169. The summed E-state index contributed by atoms with van der Waals surface area (Å²) < 4.78 is 0. The Labute approximate surface area is 645 Å². The summed E-state index contributed by atoms with van der Waals surface area (Å²) in [7, 11) is 0. The predicted molar refractivity (Wildman–Crippen MR) is 465 cm³/mol. The van der Waals surface area contributed by atoms with Crippen molar-refractivity contribution < 1.29 is 44.7 Å². The second-order valence-electron chi connectivity index (χ2n) is 24.1. The average Bonchev–Trinajstić information content (AvgIpc) is 1.71. The highest BCUT2D eigenvalue weighted by Crippen LogP contribution is 2.28. The lowest BCUT2D eigenvalue weighted by Gasteiger charge is -2.00. The second kappa shape index (κ2) is 115. The Morgan fingerprint density at radius 2 is 0.951 bits per heavy atom. The molecule has 0 fully saturated rings. The number of rotatable bonds is 21. The van der Waals surface area contributed by atoms with Crippen LogP contribution in [0.2, 0.25) is 0 Å². The molecule has 1 heterocycles. The zero-order valence-corrected chi connectivity index (χ0v) is 72.8. The molecule has 0 saturated carbocycles. The summed E-state index contributed by atoms with van der Waals surface area (Å²) in [5.74, 6) is 3.60. The topological polar surface area (TPSA) is 348 Å². The van der Waals surface area contributed by atoms with Crippen molar-refractivity contribution in [2.45, 2.75) is 314 Å². The molecule has 103 heavy (non-hydrogen) atoms. The number of nitrogens with zero attached hydrogens (tertiary/aromatic N) is 2. The Hall–Kier alpha value is -5.57. The molecule has 19 heteroatoms. The highest BCUT2D eigenvalue weighted by Gasteiger charge is 2.10. The number of primary amides is 2. The molecule has 0 atom stereocenters. The van der Waals surface area contributed by atoms with Crippen LogP contribution in [-0.2, 0) is 38.4 Å². The van der Waals surface area contributed by atoms with E-state index < -0.39 is 11.9 Å². The minimum absolute atomic E-state index is 0.167. The molecular weight excluding hydrogens is 1330 g/mol. The van der Waals surface area contributed by atoms with Gasteiger partial charge in [-0.05, 0) is 174 Å². The Morgan fingerprint density at radius 1 is 0.563 bits per heavy atom. The first kappa shape index (κ1) is 127. The number of carbonyl (C=O) groups excluding carboxylic acids is 2. The number of carboxylic acid groups (broad SMARTS) is 2. The zero-order valence-electron chi connectivity index (χ0n) is 71.1. The number of nitrogens with two attached hydrogens (primary N) is 5. The van der Waals surface area contributed by atoms with Gasteiger partial charge in [-0.3, -0.25) is 34.6 Å². The highest BCUT2D eigenvalue weighted by atomic mass is 32.2. The van der Waals surface area contributed by atoms with Crippen LogP contribution in [0.15, 0.2) is 94.9 Å². The van der Waals surface area contributed by atoms with E-state index in [0.29, 0.717) is 37.5 Å². The number of thiol groups is 1. The van der Waals surface area contributed by atoms with Crippen LogP contribution in [0.1, 0.15) is 311 Å². The van der Waals surface area contributed by atoms with Crippen LogP contribution in [0, 0.1) is 23.2 Å². The SMILES string of the molecule is CC(C)C.CC(C)O.CCC(=O)O.CCC(C)C.CCC(C)C.CCC(N)=O.CCC1=CCc2ccccc21.CCC1=NCN=C1.CCCC(=O)O.CCCC(N)=O.CCCCCC(=N)N.CCCCCN.CCCSC.CCN.CCO.CCS.CCc1ccc(O)cc1.CCc1ccccc1. The first-order valence-corrected chi connectivity index (χ1v) is 40.3. The fourth-order valence-corrected chi connectivity index (χ4v) is 5.69. The first-order valence-electron chi connectivity index (χ1n) is 38.3. The van der Waals surface area contributed by atoms with Crippen molar-refractivity contribution in [3.63, 3.8) is 0 Å². The molecule has 0 saturated heterocycles. The van der Waals surface area contributed by atoms with E-state index in [9.17, 15) is 19.2 Å². The molecule has 1 aliphatic carbocycles. The number of aliphatic hydroxyl groups excluding tert-OH is 2. The maximum Gasteiger partial charge on any atom is 0.303 e. The lowest BCUT2D eigenvalue weighted by atomic mass is 10.0. The molecule has 0 unspecified atom stereocenters. The van der Waals surface area contributed by atoms with E-state index in [2.05, 4.69) is 200 Å². The molecule has 610 valence electrons. The third-order valence-corrected chi connectivity index (χ3v) is 12.2. The van der Waals surface area contributed by atoms with Crippen molar-refractivity contribution in [1.29, 1.82) is 5.41 Å². The maximum atomic E-state index is 9.82. The number of allylic oxidation sites excluding steroid dienone is 2. The van der Waals surface area contributed by atoms with Gasteiger partial charge in [0, 0.05) is 51.0 Å². The highest BCUT2D eigenvalue weighted by molar-refractivity contribution is 7.98. The predicted octanol–water partition coefficient (Wildman–Crippen LogP) is 21.1. The van der Waals surface area contributed by atoms with Crippen LogP contribution >= 0.6 is 24.4 Å². The number of hydrogen-bond donors (Lipinski definition) is 12. The molecule has 0 bridgehead atoms. The number of carboxylic acids is 2. The van der Waals surface area contributed by atoms with E-state index in [4.69, 9.17) is 53.9 Å². The van der Waals surface area contributed by atoms with Crippen LogP contribution in [0.5, 0.6) is 5.75 Å². The number of hydrogen-bond acceptors (Lipinski definition) is 14. The van der Waals surface area contributed by atoms with Gasteiger partial charge in [0.05, 0.1) is 11.5 Å². The summed E-state index contributed by atoms with van der Waals surface area (Å²) in [5.41, 5.74) is 32.9. The smallest absolute Gasteiger partial charge is 0.303 e. The van der Waals surface area contributed by atoms with Crippen molar-refractivity contribution >= 4 is 71.5 Å². The lowest BCUT2D eigenvalue weighted by Crippen LogP contribution is -2.08. The fourth-order valence-electron chi connectivity index (χ4n) is 5.28. The molecular formula is C84H168N8O9S2. The molecule has 5 rings (SSSR count). The van der Waals surface area contributed by atoms with Crippen LogP contribution in [0.4, 0.5) is 0 Å². The van der Waals surface area contributed by atoms with Crippen molar-refractivity contribution in [1.82, 2.24) is 0 Å². The van der Waals surface area contributed by atoms with Crippen LogP contribution in [0.3, 0.4) is 0 Å². The van der Waals surface area contributed by atoms with Gasteiger partial charge >= 0.3 is 11.9 Å². The van der Waals surface area contributed by atoms with Gasteiger partial charge < -0.3 is 54.2 Å². The van der Waals surface area contributed by atoms with Gasteiger partial charge in [-0.2, -0.15) is 24.4 Å². The number of aliphatic carboxylic acids is 2. The van der Waals surface area contributed by atoms with E-state index in [0.717, 1.165) is 100 Å². The Bertz CT molecular complexity index is 2140. The molecule has 3 aromatic carbocycles. The van der Waals surface area contributed by atoms with Crippen molar-refractivity contribution in [3.05, 3.63) is 107 Å². The van der Waals surface area contributed by atoms with Gasteiger partial charge in [0.1, 0.15) is 12.4 Å². The normalized spacial score (nSPS) is 9.74. The minimum Gasteiger partial charge on any atom is -0.508 e. The average molecular weight is 1500 g/mol. The number of unbranched alkanes of at least 4 members (excludes halogenated alkanes) is 4. The number of thioether (sulfide) groups is 1. The molecule has 0 spiro atoms. The first-order chi connectivity index (χ1) is 48.5. The fraction of sp³-hybridized carbons (Fsp3) is 0.679. The quantitative estimate of drug-likeness (QED) is 0.0204. The summed E-state index contributed by atoms with van der Waals surface area (Å²) in [6.07, 6.45) is 26.6. The number of aliphatic imine (C=N–C) groups is 2. The number of amidine groups is 1. The molecule has 3 aromatic rings. The largest absolute Gasteiger partial charge is 0.508 e. The lowest BCUT2D eigenvalue weighted by molar-refractivity contribution is -0.137. The summed E-state index contributed by atoms with van der Waals surface area (Å²) in [5, 5.41) is 47.0. The molecule has 2 aliphatic rings. The Kier molecular flexibility index (Phi) is 142. The Morgan fingerprint density at radius 3 is 1.17 bits per heavy atom. The third-order valence-electron chi connectivity index (χ3n) is 11.4. The molecule has 17 nitrogen and oxygen atoms in total. The number of phenolic OH excluding ortho intramolecular Hbond substituents is 1. The second-order valence-corrected chi connectivity index (χ2v) is 25.7. The van der Waals surface area contributed by atoms with Crippen molar-refractivity contribution in [2.24, 2.45) is 56.4 Å². The molecule has 2 amide bonds. The molecule has 1 aliphatic heterocycles. The van der Waals surface area contributed by atoms with Crippen molar-refractivity contribution in [3.8, 4) is 5.75 Å². The Balaban J connectivity index is -0.0000000766. The van der Waals surface area contributed by atoms with E-state index in [1.807, 2.05) is 63.9 Å². The van der Waals surface area contributed by atoms with E-state index >= 15 is 0 Å². The number of phenols is 1. The van der Waals surface area contributed by atoms with Gasteiger partial charge in [-0.15, -0.1) is 0 Å². The minimum atomic E-state index is -0.745. The number of fused-ring (bicyclic) bond motifs is 1. The van der Waals surface area contributed by atoms with Gasteiger partial charge in [0.25, 0.3) is 0 Å². The van der Waals surface area contributed by atoms with Gasteiger partial charge in [-0.25, -0.2) is 0 Å². The number of aromatic hydroxyl groups is 1. The summed E-state index contributed by atoms with van der Waals surface area (Å²) in [4.78, 5) is 46.3. The molecule has 0 aromatic heterocycles. The molecule has 16 N–H and O–H groups in total. The number of benzene rings is 3. The van der Waals surface area contributed by atoms with Crippen LogP contribution in [-0.4, -0.2) is 117 Å². The van der Waals surface area contributed by atoms with Gasteiger partial charge in [0.15, 0.2) is 0 Å². The number of aryl methyl sites for hydroxylation is 2. The van der Waals surface area contributed by atoms with E-state index in [1.54, 1.807) is 46.8 Å². The number of amides is 2. The van der Waals surface area contributed by atoms with Gasteiger partial charge in [0.2, 0.25) is 11.8 Å². The summed E-state index contributed by atoms with van der Waals surface area (Å²) in [6, 6.07) is 26.4. The van der Waals surface area contributed by atoms with Crippen LogP contribution < -0.4 is 28.7 Å². The van der Waals surface area contributed by atoms with E-state index in [1.165, 1.54) is 84.9 Å². The standard InChI is InChI=1S/C11H12.C8H10O.C8H10.C6H14N2.C5H8N2.C5H13N.2C5H12.C4H9NO.C4H8O2.C4H10S.C4H10.C3H7NO.C3H6O2.C3H8O.C2H7N.C2H6O.C2H6S/c1-2-9-7-8-10-5-3-4-6-11(9)10;1-2-7-3-5-8(9)6-4-7;1-2-8-6-4-3-5-7-8;1-2-3-4-5-6(7)8;1-2-5-3-6-4-7-5;1-2-3-4-5-6;2*1-4-5(2)3;2*1-2-3-4(5)6;1-3-4-5-2;1-4(2)3;2*1-2-3(4)5;1-3(2)4;3*1-2-3/h3-7H,2,8H2,1H3;3-6,9H,2H2,1H3;3-7H,2H2,1H3;2-5H2,1H3,(H3,7,8);3H,2,4H2,1H3;2-6H2,1H3;2*5H,4H2,1-3H3;2-3H2,1H3,(H2,5,6);2-3H2,1H3,(H,5,6);3-4H2,1-2H3;4H,1-3H3;2H2,1H3,(H2,4,5);2H2,1H3,(H,4,5);3-4H,1-2H3;2-3H2,1H3;2*3H,2H2,1H3. The summed E-state index contributed by atoms with van der Waals surface area (Å²) >= 11 is 5.69. The van der Waals surface area contributed by atoms with E-state index in [-0.39, 0.29) is 30.9 Å². The van der Waals surface area contributed by atoms with Crippen molar-refractivity contribution in [2.75, 3.05) is 44.1 Å². The monoisotopic (exact) mass is 1500 g/mol. The number of carbonyl (C=O) groups is 4. The number of nitrogens with one attached hydrogen (secondary N) is 1. The van der Waals surface area contributed by atoms with Gasteiger partial charge in [-0.1, -0.05) is 264 Å². The maximum absolute atomic E-state index is 9.82. The van der Waals surface area contributed by atoms with Crippen LogP contribution in [0.25, 0.3) is 5.57 Å².